The molecule has 3 N–H and O–H groups in total. The Bertz CT molecular complexity index is 416. The monoisotopic (exact) mass is 284 g/mol. The molecular weight excluding hydrogens is 272 g/mol. The Labute approximate surface area is 102 Å². The maximum atomic E-state index is 11.9. The lowest BCUT2D eigenvalue weighted by molar-refractivity contribution is 0.0362. The van der Waals surface area contributed by atoms with E-state index in [9.17, 15) is 4.79 Å². The number of aliphatic hydroxyl groups is 1. The van der Waals surface area contributed by atoms with E-state index in [4.69, 9.17) is 10.8 Å². The number of hydrogen-bond acceptors (Lipinski definition) is 3. The van der Waals surface area contributed by atoms with Crippen LogP contribution < -0.4 is 5.73 Å². The van der Waals surface area contributed by atoms with Gasteiger partial charge in [0, 0.05) is 41.3 Å². The van der Waals surface area contributed by atoms with Gasteiger partial charge >= 0.3 is 0 Å². The highest BCUT2D eigenvalue weighted by Crippen LogP contribution is 2.23. The molecule has 0 atom stereocenters. The molecule has 0 saturated carbocycles. The van der Waals surface area contributed by atoms with Crippen LogP contribution in [0.2, 0.25) is 0 Å². The molecule has 86 valence electrons. The minimum atomic E-state index is -0.00889. The Hall–Kier alpha value is -1.07. The van der Waals surface area contributed by atoms with Crippen molar-refractivity contribution in [2.45, 2.75) is 0 Å². The molecule has 0 aromatic heterocycles. The number of aliphatic hydroxyl groups excluding tert-OH is 1. The summed E-state index contributed by atoms with van der Waals surface area (Å²) in [7, 11) is 0. The van der Waals surface area contributed by atoms with Gasteiger partial charge in [0.1, 0.15) is 0 Å². The molecule has 0 aliphatic carbocycles. The molecule has 0 radical (unpaired) electrons. The van der Waals surface area contributed by atoms with Gasteiger partial charge in [-0.15, -0.1) is 0 Å². The fourth-order valence-electron chi connectivity index (χ4n) is 1.69. The molecule has 1 fully saturated rings. The summed E-state index contributed by atoms with van der Waals surface area (Å²) in [6.07, 6.45) is 0. The average Bonchev–Trinajstić information content (AvgIpc) is 2.20. The number of halogens is 1. The third-order valence-corrected chi connectivity index (χ3v) is 3.44. The van der Waals surface area contributed by atoms with Crippen molar-refractivity contribution in [1.29, 1.82) is 0 Å². The lowest BCUT2D eigenvalue weighted by Gasteiger charge is -2.38. The summed E-state index contributed by atoms with van der Waals surface area (Å²) < 4.78 is 0.734. The second kappa shape index (κ2) is 4.43. The molecule has 0 spiro atoms. The van der Waals surface area contributed by atoms with Crippen molar-refractivity contribution in [3.8, 4) is 0 Å². The third kappa shape index (κ3) is 2.05. The Balaban J connectivity index is 2.07. The molecule has 1 amide bonds. The summed E-state index contributed by atoms with van der Waals surface area (Å²) in [5.74, 6) is 0.228. The predicted molar refractivity (Wildman–Crippen MR) is 65.0 cm³/mol. The number of carbonyl (C=O) groups is 1. The van der Waals surface area contributed by atoms with E-state index in [2.05, 4.69) is 15.9 Å². The van der Waals surface area contributed by atoms with Crippen molar-refractivity contribution in [3.63, 3.8) is 0 Å². The maximum absolute atomic E-state index is 11.9. The van der Waals surface area contributed by atoms with Crippen LogP contribution in [-0.4, -0.2) is 35.6 Å². The van der Waals surface area contributed by atoms with Gasteiger partial charge < -0.3 is 15.7 Å². The highest BCUT2D eigenvalue weighted by molar-refractivity contribution is 9.10. The first-order valence-electron chi connectivity index (χ1n) is 5.07. The second-order valence-corrected chi connectivity index (χ2v) is 4.85. The van der Waals surface area contributed by atoms with Gasteiger partial charge in [-0.3, -0.25) is 4.79 Å². The standard InChI is InChI=1S/C11H13BrN2O2/c12-9-3-8(1-2-10(9)13)11(16)14-4-7(5-14)6-15/h1-3,7,15H,4-6,13H2. The Morgan fingerprint density at radius 3 is 2.81 bits per heavy atom. The van der Waals surface area contributed by atoms with Crippen molar-refractivity contribution < 1.29 is 9.90 Å². The smallest absolute Gasteiger partial charge is 0.253 e. The first kappa shape index (κ1) is 11.4. The van der Waals surface area contributed by atoms with Crippen LogP contribution in [0, 0.1) is 5.92 Å². The number of nitrogens with two attached hydrogens (primary N) is 1. The highest BCUT2D eigenvalue weighted by atomic mass is 79.9. The van der Waals surface area contributed by atoms with Crippen molar-refractivity contribution in [1.82, 2.24) is 4.90 Å². The Kier molecular flexibility index (Phi) is 3.16. The molecule has 4 nitrogen and oxygen atoms in total. The number of nitrogens with zero attached hydrogens (tertiary/aromatic N) is 1. The number of amides is 1. The molecule has 0 unspecified atom stereocenters. The number of rotatable bonds is 2. The van der Waals surface area contributed by atoms with Crippen molar-refractivity contribution in [3.05, 3.63) is 28.2 Å². The lowest BCUT2D eigenvalue weighted by Crippen LogP contribution is -2.51. The van der Waals surface area contributed by atoms with Crippen LogP contribution in [0.3, 0.4) is 0 Å². The van der Waals surface area contributed by atoms with Crippen molar-refractivity contribution in [2.75, 3.05) is 25.4 Å². The highest BCUT2D eigenvalue weighted by Gasteiger charge is 2.30. The minimum Gasteiger partial charge on any atom is -0.398 e. The van der Waals surface area contributed by atoms with Crippen LogP contribution in [0.25, 0.3) is 0 Å². The SMILES string of the molecule is Nc1ccc(C(=O)N2CC(CO)C2)cc1Br. The van der Waals surface area contributed by atoms with Gasteiger partial charge in [-0.05, 0) is 34.1 Å². The zero-order valence-corrected chi connectivity index (χ0v) is 10.3. The van der Waals surface area contributed by atoms with E-state index >= 15 is 0 Å². The van der Waals surface area contributed by atoms with Crippen molar-refractivity contribution >= 4 is 27.5 Å². The summed E-state index contributed by atoms with van der Waals surface area (Å²) in [5.41, 5.74) is 6.89. The van der Waals surface area contributed by atoms with Gasteiger partial charge in [0.25, 0.3) is 5.91 Å². The zero-order chi connectivity index (χ0) is 11.7. The molecule has 2 rings (SSSR count). The van der Waals surface area contributed by atoms with Gasteiger partial charge in [-0.25, -0.2) is 0 Å². The van der Waals surface area contributed by atoms with Crippen LogP contribution in [-0.2, 0) is 0 Å². The molecule has 5 heteroatoms. The van der Waals surface area contributed by atoms with Crippen LogP contribution in [0.5, 0.6) is 0 Å². The summed E-state index contributed by atoms with van der Waals surface area (Å²) >= 11 is 3.29. The molecule has 0 bridgehead atoms. The Morgan fingerprint density at radius 2 is 2.25 bits per heavy atom. The second-order valence-electron chi connectivity index (χ2n) is 4.00. The molecule has 1 heterocycles. The summed E-state index contributed by atoms with van der Waals surface area (Å²) in [6.45, 7) is 1.42. The van der Waals surface area contributed by atoms with Gasteiger partial charge in [-0.1, -0.05) is 0 Å². The van der Waals surface area contributed by atoms with E-state index in [1.807, 2.05) is 0 Å². The fourth-order valence-corrected chi connectivity index (χ4v) is 2.07. The molecule has 1 aliphatic rings. The number of nitrogen functional groups attached to an aromatic ring is 1. The summed E-state index contributed by atoms with van der Waals surface area (Å²) in [6, 6.07) is 5.15. The first-order valence-corrected chi connectivity index (χ1v) is 5.86. The van der Waals surface area contributed by atoms with Gasteiger partial charge in [-0.2, -0.15) is 0 Å². The van der Waals surface area contributed by atoms with Gasteiger partial charge in [0.15, 0.2) is 0 Å². The van der Waals surface area contributed by atoms with E-state index in [0.717, 1.165) is 4.47 Å². The Morgan fingerprint density at radius 1 is 1.56 bits per heavy atom. The average molecular weight is 285 g/mol. The normalized spacial score (nSPS) is 16.0. The largest absolute Gasteiger partial charge is 0.398 e. The number of likely N-dealkylation sites (tertiary alicyclic amines) is 1. The molecule has 1 aromatic carbocycles. The van der Waals surface area contributed by atoms with Crippen LogP contribution in [0.4, 0.5) is 5.69 Å². The predicted octanol–water partition coefficient (Wildman–Crippen LogP) is 1.10. The summed E-state index contributed by atoms with van der Waals surface area (Å²) in [5, 5.41) is 8.87. The topological polar surface area (TPSA) is 66.6 Å². The zero-order valence-electron chi connectivity index (χ0n) is 8.69. The first-order chi connectivity index (χ1) is 7.61. The quantitative estimate of drug-likeness (QED) is 0.799. The van der Waals surface area contributed by atoms with Crippen molar-refractivity contribution in [2.24, 2.45) is 5.92 Å². The number of benzene rings is 1. The maximum Gasteiger partial charge on any atom is 0.253 e. The van der Waals surface area contributed by atoms with E-state index < -0.39 is 0 Å². The molecule has 1 aromatic rings. The van der Waals surface area contributed by atoms with Crippen LogP contribution >= 0.6 is 15.9 Å². The number of carbonyl (C=O) groups excluding carboxylic acids is 1. The third-order valence-electron chi connectivity index (χ3n) is 2.75. The number of anilines is 1. The van der Waals surface area contributed by atoms with E-state index in [0.29, 0.717) is 24.3 Å². The lowest BCUT2D eigenvalue weighted by atomic mass is 10.00. The van der Waals surface area contributed by atoms with Gasteiger partial charge in [0.2, 0.25) is 0 Å². The van der Waals surface area contributed by atoms with Gasteiger partial charge in [0.05, 0.1) is 0 Å². The summed E-state index contributed by atoms with van der Waals surface area (Å²) in [4.78, 5) is 13.7. The molecule has 1 aliphatic heterocycles. The van der Waals surface area contributed by atoms with E-state index in [1.165, 1.54) is 0 Å². The number of hydrogen-bond donors (Lipinski definition) is 2. The molecule has 16 heavy (non-hydrogen) atoms. The van der Waals surface area contributed by atoms with E-state index in [-0.39, 0.29) is 18.4 Å². The van der Waals surface area contributed by atoms with Crippen LogP contribution in [0.15, 0.2) is 22.7 Å². The van der Waals surface area contributed by atoms with Crippen LogP contribution in [0.1, 0.15) is 10.4 Å². The molecule has 1 saturated heterocycles. The minimum absolute atomic E-state index is 0.00889. The van der Waals surface area contributed by atoms with E-state index in [1.54, 1.807) is 23.1 Å². The molecular formula is C11H13BrN2O2. The fraction of sp³-hybridized carbons (Fsp3) is 0.364.